The Kier molecular flexibility index (Phi) is 6.20. The van der Waals surface area contributed by atoms with Crippen LogP contribution in [0.2, 0.25) is 0 Å². The molecule has 0 radical (unpaired) electrons. The van der Waals surface area contributed by atoms with Crippen LogP contribution in [0.25, 0.3) is 0 Å². The summed E-state index contributed by atoms with van der Waals surface area (Å²) in [4.78, 5) is 11.5. The zero-order valence-electron chi connectivity index (χ0n) is 16.0. The number of nitrogens with two attached hydrogens (primary N) is 1. The molecule has 0 spiro atoms. The Morgan fingerprint density at radius 1 is 1.11 bits per heavy atom. The van der Waals surface area contributed by atoms with Crippen LogP contribution in [0.3, 0.4) is 0 Å². The maximum Gasteiger partial charge on any atom is 0.337 e. The zero-order chi connectivity index (χ0) is 20.1. The molecule has 0 aliphatic heterocycles. The van der Waals surface area contributed by atoms with Crippen molar-refractivity contribution in [1.29, 1.82) is 0 Å². The van der Waals surface area contributed by atoms with Crippen molar-refractivity contribution in [3.63, 3.8) is 0 Å². The number of ether oxygens (including phenoxy) is 2. The highest BCUT2D eigenvalue weighted by molar-refractivity contribution is 7.98. The molecule has 3 rings (SSSR count). The van der Waals surface area contributed by atoms with E-state index in [2.05, 4.69) is 10.2 Å². The molecule has 8 heteroatoms. The third-order valence-electron chi connectivity index (χ3n) is 4.23. The SMILES string of the molecule is COC(=O)c1ccc(CSc2nnc(COc3c(C)cccc3C)n2N)cc1. The number of hydrogen-bond acceptors (Lipinski definition) is 7. The summed E-state index contributed by atoms with van der Waals surface area (Å²) in [6.45, 7) is 4.24. The number of para-hydroxylation sites is 1. The number of esters is 1. The van der Waals surface area contributed by atoms with Crippen molar-refractivity contribution in [3.05, 3.63) is 70.5 Å². The van der Waals surface area contributed by atoms with Crippen LogP contribution in [0.5, 0.6) is 5.75 Å². The predicted molar refractivity (Wildman–Crippen MR) is 108 cm³/mol. The fourth-order valence-corrected chi connectivity index (χ4v) is 3.50. The highest BCUT2D eigenvalue weighted by Crippen LogP contribution is 2.24. The fraction of sp³-hybridized carbons (Fsp3) is 0.250. The highest BCUT2D eigenvalue weighted by atomic mass is 32.2. The van der Waals surface area contributed by atoms with E-state index in [9.17, 15) is 4.79 Å². The molecule has 0 atom stereocenters. The van der Waals surface area contributed by atoms with E-state index in [1.54, 1.807) is 12.1 Å². The molecule has 3 aromatic rings. The van der Waals surface area contributed by atoms with E-state index in [-0.39, 0.29) is 12.6 Å². The molecule has 28 heavy (non-hydrogen) atoms. The molecule has 0 saturated heterocycles. The Balaban J connectivity index is 1.61. The van der Waals surface area contributed by atoms with Crippen molar-refractivity contribution in [2.45, 2.75) is 31.4 Å². The minimum absolute atomic E-state index is 0.240. The quantitative estimate of drug-likeness (QED) is 0.371. The van der Waals surface area contributed by atoms with Crippen LogP contribution in [0.1, 0.15) is 32.9 Å². The monoisotopic (exact) mass is 398 g/mol. The van der Waals surface area contributed by atoms with Crippen LogP contribution in [0, 0.1) is 13.8 Å². The van der Waals surface area contributed by atoms with Gasteiger partial charge in [-0.2, -0.15) is 0 Å². The first-order chi connectivity index (χ1) is 13.5. The van der Waals surface area contributed by atoms with Crippen LogP contribution >= 0.6 is 11.8 Å². The van der Waals surface area contributed by atoms with E-state index in [1.165, 1.54) is 23.5 Å². The average molecular weight is 398 g/mol. The van der Waals surface area contributed by atoms with E-state index in [4.69, 9.17) is 15.3 Å². The van der Waals surface area contributed by atoms with Crippen molar-refractivity contribution in [2.24, 2.45) is 0 Å². The maximum atomic E-state index is 11.5. The van der Waals surface area contributed by atoms with Crippen LogP contribution in [0.4, 0.5) is 0 Å². The number of thioether (sulfide) groups is 1. The maximum absolute atomic E-state index is 11.5. The topological polar surface area (TPSA) is 92.3 Å². The summed E-state index contributed by atoms with van der Waals surface area (Å²) in [5, 5.41) is 8.87. The minimum atomic E-state index is -0.352. The molecule has 0 fully saturated rings. The number of hydrogen-bond donors (Lipinski definition) is 1. The van der Waals surface area contributed by atoms with Gasteiger partial charge in [0.05, 0.1) is 12.7 Å². The summed E-state index contributed by atoms with van der Waals surface area (Å²) >= 11 is 1.46. The number of benzene rings is 2. The summed E-state index contributed by atoms with van der Waals surface area (Å²) in [6.07, 6.45) is 0. The minimum Gasteiger partial charge on any atom is -0.485 e. The van der Waals surface area contributed by atoms with Crippen molar-refractivity contribution >= 4 is 17.7 Å². The average Bonchev–Trinajstić information content (AvgIpc) is 3.05. The lowest BCUT2D eigenvalue weighted by Crippen LogP contribution is -2.16. The zero-order valence-corrected chi connectivity index (χ0v) is 16.8. The second-order valence-corrected chi connectivity index (χ2v) is 7.20. The second-order valence-electron chi connectivity index (χ2n) is 6.26. The first-order valence-electron chi connectivity index (χ1n) is 8.68. The summed E-state index contributed by atoms with van der Waals surface area (Å²) in [5.74, 6) is 7.80. The molecule has 0 amide bonds. The first kappa shape index (κ1) is 19.8. The Bertz CT molecular complexity index is 950. The van der Waals surface area contributed by atoms with E-state index in [1.807, 2.05) is 44.2 Å². The number of rotatable bonds is 7. The first-order valence-corrected chi connectivity index (χ1v) is 9.66. The second kappa shape index (κ2) is 8.79. The molecule has 0 aliphatic carbocycles. The molecule has 2 aromatic carbocycles. The Morgan fingerprint density at radius 3 is 2.43 bits per heavy atom. The Labute approximate surface area is 167 Å². The molecule has 7 nitrogen and oxygen atoms in total. The predicted octanol–water partition coefficient (Wildman–Crippen LogP) is 3.27. The molecule has 2 N–H and O–H groups in total. The van der Waals surface area contributed by atoms with Gasteiger partial charge >= 0.3 is 5.97 Å². The Hall–Kier alpha value is -3.00. The summed E-state index contributed by atoms with van der Waals surface area (Å²) in [5.41, 5.74) is 3.68. The van der Waals surface area contributed by atoms with Gasteiger partial charge < -0.3 is 15.3 Å². The van der Waals surface area contributed by atoms with Crippen LogP contribution < -0.4 is 10.6 Å². The number of aryl methyl sites for hydroxylation is 2. The van der Waals surface area contributed by atoms with E-state index in [0.717, 1.165) is 22.4 Å². The van der Waals surface area contributed by atoms with Gasteiger partial charge in [0.1, 0.15) is 12.4 Å². The van der Waals surface area contributed by atoms with Crippen molar-refractivity contribution in [1.82, 2.24) is 14.9 Å². The van der Waals surface area contributed by atoms with Crippen molar-refractivity contribution < 1.29 is 14.3 Å². The molecule has 1 heterocycles. The fourth-order valence-electron chi connectivity index (χ4n) is 2.67. The number of nitrogen functional groups attached to an aromatic ring is 1. The smallest absolute Gasteiger partial charge is 0.337 e. The van der Waals surface area contributed by atoms with Gasteiger partial charge in [-0.15, -0.1) is 10.2 Å². The van der Waals surface area contributed by atoms with E-state index < -0.39 is 0 Å². The summed E-state index contributed by atoms with van der Waals surface area (Å²) in [7, 11) is 1.36. The van der Waals surface area contributed by atoms with Crippen molar-refractivity contribution in [3.8, 4) is 5.75 Å². The summed E-state index contributed by atoms with van der Waals surface area (Å²) in [6, 6.07) is 13.2. The molecular formula is C20H22N4O3S. The lowest BCUT2D eigenvalue weighted by molar-refractivity contribution is 0.0600. The lowest BCUT2D eigenvalue weighted by Gasteiger charge is -2.11. The van der Waals surface area contributed by atoms with Crippen LogP contribution in [-0.4, -0.2) is 28.0 Å². The van der Waals surface area contributed by atoms with Gasteiger partial charge in [-0.05, 0) is 42.7 Å². The lowest BCUT2D eigenvalue weighted by atomic mass is 10.1. The number of nitrogens with zero attached hydrogens (tertiary/aromatic N) is 3. The molecular weight excluding hydrogens is 376 g/mol. The molecule has 0 unspecified atom stereocenters. The van der Waals surface area contributed by atoms with Gasteiger partial charge in [0.2, 0.25) is 5.16 Å². The third-order valence-corrected chi connectivity index (χ3v) is 5.25. The standard InChI is InChI=1S/C20H22N4O3S/c1-13-5-4-6-14(2)18(13)27-11-17-22-23-20(24(17)21)28-12-15-7-9-16(10-8-15)19(25)26-3/h4-10H,11-12,21H2,1-3H3. The van der Waals surface area contributed by atoms with E-state index in [0.29, 0.717) is 22.3 Å². The van der Waals surface area contributed by atoms with Crippen molar-refractivity contribution in [2.75, 3.05) is 13.0 Å². The Morgan fingerprint density at radius 2 is 1.79 bits per heavy atom. The largest absolute Gasteiger partial charge is 0.485 e. The molecule has 0 saturated carbocycles. The van der Waals surface area contributed by atoms with Gasteiger partial charge in [0, 0.05) is 5.75 Å². The molecule has 0 bridgehead atoms. The molecule has 146 valence electrons. The van der Waals surface area contributed by atoms with Gasteiger partial charge in [-0.1, -0.05) is 42.1 Å². The summed E-state index contributed by atoms with van der Waals surface area (Å²) < 4.78 is 12.0. The number of carbonyl (C=O) groups excluding carboxylic acids is 1. The van der Waals surface area contributed by atoms with Gasteiger partial charge in [0.15, 0.2) is 5.82 Å². The van der Waals surface area contributed by atoms with Gasteiger partial charge in [-0.25, -0.2) is 9.47 Å². The number of methoxy groups -OCH3 is 1. The number of aromatic nitrogens is 3. The number of carbonyl (C=O) groups is 1. The van der Waals surface area contributed by atoms with Crippen LogP contribution in [0.15, 0.2) is 47.6 Å². The van der Waals surface area contributed by atoms with Gasteiger partial charge in [0.25, 0.3) is 0 Å². The highest BCUT2D eigenvalue weighted by Gasteiger charge is 2.13. The molecule has 1 aromatic heterocycles. The van der Waals surface area contributed by atoms with Gasteiger partial charge in [-0.3, -0.25) is 0 Å². The van der Waals surface area contributed by atoms with Crippen LogP contribution in [-0.2, 0) is 17.1 Å². The normalized spacial score (nSPS) is 10.7. The third kappa shape index (κ3) is 4.45. The molecule has 0 aliphatic rings. The van der Waals surface area contributed by atoms with E-state index >= 15 is 0 Å².